The zero-order valence-electron chi connectivity index (χ0n) is 18.4. The summed E-state index contributed by atoms with van der Waals surface area (Å²) in [4.78, 5) is 32.4. The number of hydrogen-bond acceptors (Lipinski definition) is 7. The van der Waals surface area contributed by atoms with Crippen molar-refractivity contribution >= 4 is 28.3 Å². The minimum Gasteiger partial charge on any atom is -0.503 e. The molecule has 0 fully saturated rings. The summed E-state index contributed by atoms with van der Waals surface area (Å²) in [5, 5.41) is 11.6. The first kappa shape index (κ1) is 21.3. The highest BCUT2D eigenvalue weighted by molar-refractivity contribution is 6.21. The molecule has 0 bridgehead atoms. The van der Waals surface area contributed by atoms with Crippen molar-refractivity contribution in [2.24, 2.45) is 0 Å². The molecule has 2 aromatic heterocycles. The molecule has 1 aliphatic rings. The number of carbonyl (C=O) groups excluding carboxylic acids is 2. The summed E-state index contributed by atoms with van der Waals surface area (Å²) in [5.41, 5.74) is 1.31. The Kier molecular flexibility index (Phi) is 5.25. The molecule has 2 aromatic carbocycles. The number of para-hydroxylation sites is 3. The number of anilines is 1. The Labute approximate surface area is 194 Å². The number of benzene rings is 2. The van der Waals surface area contributed by atoms with E-state index in [2.05, 4.69) is 4.98 Å². The molecule has 3 heterocycles. The molecule has 8 heteroatoms. The molecule has 1 N–H and O–H groups in total. The van der Waals surface area contributed by atoms with Gasteiger partial charge in [0.05, 0.1) is 31.5 Å². The van der Waals surface area contributed by atoms with Crippen LogP contribution in [0.15, 0.2) is 88.8 Å². The van der Waals surface area contributed by atoms with Crippen LogP contribution in [0.1, 0.15) is 22.2 Å². The topological polar surface area (TPSA) is 102 Å². The standard InChI is InChI=1S/C26H20N2O6/c1-32-18-8-4-3-7-17(18)28-22(15-10-12-27-13-11-15)21(24(30)26(28)31)23(29)20-14-16-6-5-9-19(33-2)25(16)34-20/h3-14,22,30H,1-2H3. The number of ketones is 1. The number of hydrogen-bond donors (Lipinski definition) is 1. The molecule has 1 atom stereocenters. The van der Waals surface area contributed by atoms with Crippen molar-refractivity contribution in [2.45, 2.75) is 6.04 Å². The summed E-state index contributed by atoms with van der Waals surface area (Å²) in [6.45, 7) is 0. The lowest BCUT2D eigenvalue weighted by atomic mass is 9.95. The van der Waals surface area contributed by atoms with E-state index < -0.39 is 23.5 Å². The summed E-state index contributed by atoms with van der Waals surface area (Å²) in [6.07, 6.45) is 3.12. The van der Waals surface area contributed by atoms with Crippen LogP contribution >= 0.6 is 0 Å². The second-order valence-corrected chi connectivity index (χ2v) is 7.61. The SMILES string of the molecule is COc1ccccc1N1C(=O)C(O)=C(C(=O)c2cc3cccc(OC)c3o2)C1c1ccncc1. The molecule has 170 valence electrons. The second-order valence-electron chi connectivity index (χ2n) is 7.61. The van der Waals surface area contributed by atoms with E-state index in [1.54, 1.807) is 73.1 Å². The fourth-order valence-electron chi connectivity index (χ4n) is 4.22. The first-order valence-corrected chi connectivity index (χ1v) is 10.5. The van der Waals surface area contributed by atoms with Crippen molar-refractivity contribution in [2.75, 3.05) is 19.1 Å². The number of pyridine rings is 1. The Bertz CT molecular complexity index is 1440. The highest BCUT2D eigenvalue weighted by Gasteiger charge is 2.46. The van der Waals surface area contributed by atoms with Gasteiger partial charge in [-0.1, -0.05) is 24.3 Å². The van der Waals surface area contributed by atoms with Gasteiger partial charge in [0.15, 0.2) is 22.9 Å². The monoisotopic (exact) mass is 456 g/mol. The normalized spacial score (nSPS) is 15.8. The van der Waals surface area contributed by atoms with Gasteiger partial charge in [-0.15, -0.1) is 0 Å². The summed E-state index contributed by atoms with van der Waals surface area (Å²) < 4.78 is 16.6. The van der Waals surface area contributed by atoms with Gasteiger partial charge < -0.3 is 19.0 Å². The van der Waals surface area contributed by atoms with Crippen molar-refractivity contribution < 1.29 is 28.6 Å². The average Bonchev–Trinajstić information content (AvgIpc) is 3.43. The third-order valence-corrected chi connectivity index (χ3v) is 5.77. The van der Waals surface area contributed by atoms with Crippen molar-refractivity contribution in [3.05, 3.63) is 95.7 Å². The van der Waals surface area contributed by atoms with Crippen LogP contribution < -0.4 is 14.4 Å². The van der Waals surface area contributed by atoms with E-state index in [0.29, 0.717) is 33.7 Å². The zero-order chi connectivity index (χ0) is 23.8. The maximum Gasteiger partial charge on any atom is 0.294 e. The Balaban J connectivity index is 1.67. The molecular formula is C26H20N2O6. The van der Waals surface area contributed by atoms with Crippen LogP contribution in [-0.4, -0.2) is 36.0 Å². The Morgan fingerprint density at radius 1 is 1.00 bits per heavy atom. The minimum absolute atomic E-state index is 0.0187. The van der Waals surface area contributed by atoms with Gasteiger partial charge in [0.25, 0.3) is 5.91 Å². The number of carbonyl (C=O) groups is 2. The number of rotatable bonds is 6. The lowest BCUT2D eigenvalue weighted by Crippen LogP contribution is -2.31. The van der Waals surface area contributed by atoms with Crippen LogP contribution in [0.25, 0.3) is 11.0 Å². The number of aliphatic hydroxyl groups is 1. The molecule has 1 aliphatic heterocycles. The quantitative estimate of drug-likeness (QED) is 0.422. The van der Waals surface area contributed by atoms with Crippen molar-refractivity contribution in [1.29, 1.82) is 0 Å². The third kappa shape index (κ3) is 3.27. The molecule has 0 aliphatic carbocycles. The fraction of sp³-hybridized carbons (Fsp3) is 0.115. The maximum atomic E-state index is 13.7. The van der Waals surface area contributed by atoms with Crippen molar-refractivity contribution in [3.63, 3.8) is 0 Å². The second kappa shape index (κ2) is 8.40. The molecule has 34 heavy (non-hydrogen) atoms. The molecule has 0 radical (unpaired) electrons. The van der Waals surface area contributed by atoms with Crippen molar-refractivity contribution in [1.82, 2.24) is 4.98 Å². The van der Waals surface area contributed by atoms with Gasteiger partial charge >= 0.3 is 0 Å². The van der Waals surface area contributed by atoms with Gasteiger partial charge in [-0.3, -0.25) is 19.5 Å². The smallest absolute Gasteiger partial charge is 0.294 e. The summed E-state index contributed by atoms with van der Waals surface area (Å²) in [5.74, 6) is -1.10. The van der Waals surface area contributed by atoms with Crippen LogP contribution in [0.3, 0.4) is 0 Å². The number of ether oxygens (including phenoxy) is 2. The van der Waals surface area contributed by atoms with Crippen LogP contribution in [0.2, 0.25) is 0 Å². The summed E-state index contributed by atoms with van der Waals surface area (Å²) in [7, 11) is 3.00. The molecule has 8 nitrogen and oxygen atoms in total. The van der Waals surface area contributed by atoms with Gasteiger partial charge in [0.2, 0.25) is 5.78 Å². The van der Waals surface area contributed by atoms with Crippen LogP contribution in [-0.2, 0) is 4.79 Å². The van der Waals surface area contributed by atoms with E-state index in [9.17, 15) is 14.7 Å². The van der Waals surface area contributed by atoms with Crippen molar-refractivity contribution in [3.8, 4) is 11.5 Å². The molecule has 5 rings (SSSR count). The molecule has 0 saturated carbocycles. The number of amides is 1. The fourth-order valence-corrected chi connectivity index (χ4v) is 4.22. The summed E-state index contributed by atoms with van der Waals surface area (Å²) >= 11 is 0. The zero-order valence-corrected chi connectivity index (χ0v) is 18.4. The maximum absolute atomic E-state index is 13.7. The first-order valence-electron chi connectivity index (χ1n) is 10.5. The van der Waals surface area contributed by atoms with Crippen LogP contribution in [0.5, 0.6) is 11.5 Å². The number of Topliss-reactive ketones (excluding diaryl/α,β-unsaturated/α-hetero) is 1. The lowest BCUT2D eigenvalue weighted by Gasteiger charge is -2.27. The molecule has 0 saturated heterocycles. The number of aliphatic hydroxyl groups excluding tert-OH is 1. The van der Waals surface area contributed by atoms with E-state index in [0.717, 1.165) is 0 Å². The lowest BCUT2D eigenvalue weighted by molar-refractivity contribution is -0.117. The van der Waals surface area contributed by atoms with E-state index in [4.69, 9.17) is 13.9 Å². The van der Waals surface area contributed by atoms with E-state index in [-0.39, 0.29) is 11.3 Å². The Morgan fingerprint density at radius 3 is 2.44 bits per heavy atom. The number of fused-ring (bicyclic) bond motifs is 1. The van der Waals surface area contributed by atoms with Crippen LogP contribution in [0, 0.1) is 0 Å². The number of furan rings is 1. The molecule has 1 unspecified atom stereocenters. The Morgan fingerprint density at radius 2 is 1.71 bits per heavy atom. The van der Waals surface area contributed by atoms with Crippen LogP contribution in [0.4, 0.5) is 5.69 Å². The Hall–Kier alpha value is -4.59. The predicted molar refractivity (Wildman–Crippen MR) is 124 cm³/mol. The molecule has 1 amide bonds. The van der Waals surface area contributed by atoms with E-state index >= 15 is 0 Å². The number of nitrogens with zero attached hydrogens (tertiary/aromatic N) is 2. The predicted octanol–water partition coefficient (Wildman–Crippen LogP) is 4.63. The van der Waals surface area contributed by atoms with Gasteiger partial charge in [-0.25, -0.2) is 0 Å². The third-order valence-electron chi connectivity index (χ3n) is 5.77. The highest BCUT2D eigenvalue weighted by atomic mass is 16.5. The minimum atomic E-state index is -0.922. The van der Waals surface area contributed by atoms with Gasteiger partial charge in [-0.05, 0) is 42.0 Å². The first-order chi connectivity index (χ1) is 16.5. The summed E-state index contributed by atoms with van der Waals surface area (Å²) in [6, 6.07) is 16.2. The highest BCUT2D eigenvalue weighted by Crippen LogP contribution is 2.45. The number of aromatic nitrogens is 1. The molecule has 0 spiro atoms. The van der Waals surface area contributed by atoms with Gasteiger partial charge in [0, 0.05) is 17.8 Å². The molecule has 4 aromatic rings. The van der Waals surface area contributed by atoms with E-state index in [1.165, 1.54) is 19.1 Å². The van der Waals surface area contributed by atoms with Gasteiger partial charge in [-0.2, -0.15) is 0 Å². The molecular weight excluding hydrogens is 436 g/mol. The van der Waals surface area contributed by atoms with Gasteiger partial charge in [0.1, 0.15) is 5.75 Å². The van der Waals surface area contributed by atoms with E-state index in [1.807, 2.05) is 0 Å². The number of methoxy groups -OCH3 is 2. The average molecular weight is 456 g/mol. The largest absolute Gasteiger partial charge is 0.503 e.